The largest absolute Gasteiger partial charge is 2.00 e. The standard InChI is InChI=1S/2C38H63O6PS2.Zn/c2*1-5-7-9-11-13-15-23-29-37(3,42-33-31-40-35-25-19-17-20-26-35)44-45(39,46)47-38(4,30-24-16-14-12-10-8-6-2)43-34-32-41-36-27-21-18-22-28-36;/h2*17-22,25-28H,5-16,23-24,29-34H2,1-4H3,(H,39,46);/q;;+2/p-2. The Morgan fingerprint density at radius 1 is 0.305 bits per heavy atom. The Bertz CT molecular complexity index is 2170. The fourth-order valence-corrected chi connectivity index (χ4v) is 22.6. The molecule has 6 atom stereocenters. The maximum atomic E-state index is 14.1. The molecule has 0 aliphatic carbocycles. The van der Waals surface area contributed by atoms with E-state index >= 15 is 0 Å². The van der Waals surface area contributed by atoms with Crippen molar-refractivity contribution in [2.75, 3.05) is 52.9 Å². The molecule has 0 saturated heterocycles. The Balaban J connectivity index is 0.000000640. The van der Waals surface area contributed by atoms with E-state index in [2.05, 4.69) is 27.7 Å². The van der Waals surface area contributed by atoms with Crippen LogP contribution in [-0.4, -0.2) is 74.3 Å². The Morgan fingerprint density at radius 2 is 0.516 bits per heavy atom. The molecule has 19 heteroatoms. The third-order valence-electron chi connectivity index (χ3n) is 16.2. The van der Waals surface area contributed by atoms with E-state index in [1.807, 2.05) is 149 Å². The van der Waals surface area contributed by atoms with Gasteiger partial charge in [0.25, 0.3) is 0 Å². The normalized spacial score (nSPS) is 15.3. The number of unbranched alkanes of at least 4 members (excludes halogenated alkanes) is 24. The fraction of sp³-hybridized carbons (Fsp3) is 0.684. The molecule has 0 saturated carbocycles. The number of hydrogen-bond acceptors (Lipinski definition) is 16. The van der Waals surface area contributed by atoms with Crippen LogP contribution in [0.25, 0.3) is 0 Å². The Labute approximate surface area is 609 Å². The molecule has 0 heterocycles. The first-order chi connectivity index (χ1) is 45.4. The van der Waals surface area contributed by atoms with Crippen molar-refractivity contribution in [1.29, 1.82) is 0 Å². The maximum absolute atomic E-state index is 14.1. The number of rotatable bonds is 60. The van der Waals surface area contributed by atoms with Gasteiger partial charge in [-0.1, -0.05) is 301 Å². The van der Waals surface area contributed by atoms with Gasteiger partial charge in [-0.25, -0.2) is 0 Å². The minimum atomic E-state index is -3.62. The van der Waals surface area contributed by atoms with Gasteiger partial charge in [-0.3, -0.25) is 0 Å². The van der Waals surface area contributed by atoms with Gasteiger partial charge in [0.15, 0.2) is 11.6 Å². The van der Waals surface area contributed by atoms with Crippen LogP contribution >= 0.6 is 34.2 Å². The van der Waals surface area contributed by atoms with Gasteiger partial charge < -0.3 is 56.7 Å². The third kappa shape index (κ3) is 47.2. The molecular weight excluding hydrogens is 1360 g/mol. The summed E-state index contributed by atoms with van der Waals surface area (Å²) in [5, 5.41) is 0. The summed E-state index contributed by atoms with van der Waals surface area (Å²) < 4.78 is 61.4. The molecule has 536 valence electrons. The van der Waals surface area contributed by atoms with Crippen molar-refractivity contribution in [1.82, 2.24) is 0 Å². The van der Waals surface area contributed by atoms with Gasteiger partial charge in [0.1, 0.15) is 59.3 Å². The van der Waals surface area contributed by atoms with Gasteiger partial charge in [0, 0.05) is 12.8 Å². The molecular formula is C76H124O12P2S4Zn. The van der Waals surface area contributed by atoms with Crippen molar-refractivity contribution in [2.45, 2.75) is 282 Å². The molecule has 0 aliphatic heterocycles. The summed E-state index contributed by atoms with van der Waals surface area (Å²) in [6, 6.07) is 38.7. The van der Waals surface area contributed by atoms with Crippen molar-refractivity contribution < 1.29 is 76.2 Å². The fourth-order valence-electron chi connectivity index (χ4n) is 10.9. The molecule has 12 nitrogen and oxygen atoms in total. The Hall–Kier alpha value is -1.62. The van der Waals surface area contributed by atoms with Crippen molar-refractivity contribution in [3.8, 4) is 23.0 Å². The predicted octanol–water partition coefficient (Wildman–Crippen LogP) is 22.4. The van der Waals surface area contributed by atoms with Gasteiger partial charge >= 0.3 is 19.5 Å². The molecule has 0 aliphatic rings. The first-order valence-electron chi connectivity index (χ1n) is 36.1. The molecule has 0 N–H and O–H groups in total. The van der Waals surface area contributed by atoms with Crippen LogP contribution < -0.4 is 28.7 Å². The topological polar surface area (TPSA) is 138 Å². The summed E-state index contributed by atoms with van der Waals surface area (Å²) >= 11 is 13.7. The molecule has 4 aromatic carbocycles. The van der Waals surface area contributed by atoms with Crippen LogP contribution in [0.2, 0.25) is 0 Å². The Kier molecular flexibility index (Phi) is 51.8. The van der Waals surface area contributed by atoms with Crippen LogP contribution in [0.15, 0.2) is 121 Å². The van der Waals surface area contributed by atoms with E-state index in [1.165, 1.54) is 128 Å². The smallest absolute Gasteiger partial charge is 0.793 e. The quantitative estimate of drug-likeness (QED) is 0.0179. The number of benzene rings is 4. The van der Waals surface area contributed by atoms with E-state index in [9.17, 15) is 9.79 Å². The summed E-state index contributed by atoms with van der Waals surface area (Å²) in [6.07, 6.45) is 35.6. The summed E-state index contributed by atoms with van der Waals surface area (Å²) in [7, 11) is 0. The first-order valence-corrected chi connectivity index (χ1v) is 44.2. The van der Waals surface area contributed by atoms with Crippen molar-refractivity contribution in [3.05, 3.63) is 121 Å². The number of ether oxygens (including phenoxy) is 8. The van der Waals surface area contributed by atoms with E-state index in [-0.39, 0.29) is 19.5 Å². The second-order valence-electron chi connectivity index (χ2n) is 25.3. The molecule has 6 unspecified atom stereocenters. The van der Waals surface area contributed by atoms with E-state index in [1.54, 1.807) is 0 Å². The van der Waals surface area contributed by atoms with Crippen molar-refractivity contribution >= 4 is 57.8 Å². The number of hydrogen-bond donors (Lipinski definition) is 0. The summed E-state index contributed by atoms with van der Waals surface area (Å²) in [5.74, 6) is 0.970. The van der Waals surface area contributed by atoms with Crippen molar-refractivity contribution in [3.63, 3.8) is 0 Å². The number of para-hydroxylation sites is 4. The molecule has 95 heavy (non-hydrogen) atoms. The first kappa shape index (κ1) is 89.5. The predicted molar refractivity (Wildman–Crippen MR) is 402 cm³/mol. The molecule has 4 rings (SSSR count). The van der Waals surface area contributed by atoms with Crippen LogP contribution in [0, 0.1) is 0 Å². The van der Waals surface area contributed by atoms with E-state index < -0.39 is 32.8 Å². The summed E-state index contributed by atoms with van der Waals surface area (Å²) in [6.45, 7) is 19.4. The molecule has 0 fully saturated rings. The molecule has 0 amide bonds. The van der Waals surface area contributed by atoms with Crippen molar-refractivity contribution in [2.24, 2.45) is 0 Å². The minimum absolute atomic E-state index is 0. The molecule has 0 spiro atoms. The summed E-state index contributed by atoms with van der Waals surface area (Å²) in [5.41, 5.74) is -7.24. The van der Waals surface area contributed by atoms with Gasteiger partial charge in [-0.05, 0) is 115 Å². The van der Waals surface area contributed by atoms with E-state index in [0.717, 1.165) is 110 Å². The minimum Gasteiger partial charge on any atom is -0.793 e. The Morgan fingerprint density at radius 3 is 0.758 bits per heavy atom. The molecule has 0 bridgehead atoms. The van der Waals surface area contributed by atoms with Gasteiger partial charge in [0.05, 0.1) is 37.8 Å². The van der Waals surface area contributed by atoms with Crippen LogP contribution in [-0.2, 0) is 71.1 Å². The second kappa shape index (κ2) is 55.0. The van der Waals surface area contributed by atoms with Crippen LogP contribution in [0.3, 0.4) is 0 Å². The monoisotopic (exact) mass is 1480 g/mol. The van der Waals surface area contributed by atoms with Gasteiger partial charge in [0.2, 0.25) is 0 Å². The average Bonchev–Trinajstić information content (AvgIpc) is 0.847. The molecule has 0 aromatic heterocycles. The van der Waals surface area contributed by atoms with Gasteiger partial charge in [-0.15, -0.1) is 0 Å². The molecule has 4 aromatic rings. The zero-order valence-electron chi connectivity index (χ0n) is 60.0. The molecule has 0 radical (unpaired) electrons. The van der Waals surface area contributed by atoms with Crippen LogP contribution in [0.5, 0.6) is 23.0 Å². The average molecular weight is 1490 g/mol. The zero-order valence-corrected chi connectivity index (χ0v) is 68.0. The van der Waals surface area contributed by atoms with E-state index in [0.29, 0.717) is 65.7 Å². The maximum Gasteiger partial charge on any atom is 2.00 e. The van der Waals surface area contributed by atoms with Crippen LogP contribution in [0.1, 0.15) is 261 Å². The zero-order chi connectivity index (χ0) is 68.2. The SMILES string of the molecule is CCCCCCCCCC(C)(OCCOc1ccccc1)OP([O-])(=S)SC(C)(CCCCCCCCC)OCCOc1ccccc1.CCCCCCCCCC(C)(OCCOc1ccccc1)OP([O-])(=S)SC(C)(CCCCCCCCC)OCCOc1ccccc1.[Zn+2]. The van der Waals surface area contributed by atoms with Gasteiger partial charge in [-0.2, -0.15) is 0 Å². The summed E-state index contributed by atoms with van der Waals surface area (Å²) in [4.78, 5) is 26.6. The third-order valence-corrected chi connectivity index (χ3v) is 25.1. The second-order valence-corrected chi connectivity index (χ2v) is 37.8. The van der Waals surface area contributed by atoms with E-state index in [4.69, 9.17) is 70.6 Å². The van der Waals surface area contributed by atoms with Crippen LogP contribution in [0.4, 0.5) is 0 Å².